The van der Waals surface area contributed by atoms with E-state index in [1.807, 2.05) is 6.07 Å². The van der Waals surface area contributed by atoms with Crippen molar-refractivity contribution >= 4 is 12.4 Å². The molecule has 1 aromatic carbocycles. The zero-order valence-corrected chi connectivity index (χ0v) is 10.2. The molecule has 0 radical (unpaired) electrons. The summed E-state index contributed by atoms with van der Waals surface area (Å²) in [5.74, 6) is 0.868. The number of nitrogens with two attached hydrogens (primary N) is 1. The predicted molar refractivity (Wildman–Crippen MR) is 68.8 cm³/mol. The highest BCUT2D eigenvalue weighted by Crippen LogP contribution is 2.35. The summed E-state index contributed by atoms with van der Waals surface area (Å²) in [5.41, 5.74) is 7.36. The van der Waals surface area contributed by atoms with E-state index >= 15 is 0 Å². The smallest absolute Gasteiger partial charge is 0.0474 e. The molecular formula is C13H20ClNO. The molecule has 1 fully saturated rings. The molecular weight excluding hydrogens is 222 g/mol. The Kier molecular flexibility index (Phi) is 5.26. The fraction of sp³-hybridized carbons (Fsp3) is 0.538. The number of halogens is 1. The number of rotatable bonds is 2. The summed E-state index contributed by atoms with van der Waals surface area (Å²) in [6.07, 6.45) is 3.22. The van der Waals surface area contributed by atoms with Crippen LogP contribution in [0.4, 0.5) is 0 Å². The van der Waals surface area contributed by atoms with Crippen LogP contribution in [0.5, 0.6) is 0 Å². The Morgan fingerprint density at radius 2 is 1.88 bits per heavy atom. The van der Waals surface area contributed by atoms with E-state index in [4.69, 9.17) is 5.73 Å². The Morgan fingerprint density at radius 1 is 1.19 bits per heavy atom. The van der Waals surface area contributed by atoms with E-state index in [1.54, 1.807) is 0 Å². The van der Waals surface area contributed by atoms with Gasteiger partial charge in [-0.3, -0.25) is 0 Å². The third kappa shape index (κ3) is 2.97. The summed E-state index contributed by atoms with van der Waals surface area (Å²) in [5, 5.41) is 9.25. The summed E-state index contributed by atoms with van der Waals surface area (Å²) in [4.78, 5) is 0. The van der Waals surface area contributed by atoms with Crippen molar-refractivity contribution in [3.05, 3.63) is 35.9 Å². The lowest BCUT2D eigenvalue weighted by Gasteiger charge is -2.33. The molecule has 16 heavy (non-hydrogen) atoms. The molecule has 0 unspecified atom stereocenters. The van der Waals surface area contributed by atoms with Crippen molar-refractivity contribution in [2.45, 2.75) is 31.2 Å². The molecule has 2 rings (SSSR count). The molecule has 0 bridgehead atoms. The van der Waals surface area contributed by atoms with E-state index < -0.39 is 0 Å². The van der Waals surface area contributed by atoms with Gasteiger partial charge in [-0.15, -0.1) is 12.4 Å². The van der Waals surface area contributed by atoms with Crippen LogP contribution < -0.4 is 5.73 Å². The quantitative estimate of drug-likeness (QED) is 0.835. The van der Waals surface area contributed by atoms with Gasteiger partial charge >= 0.3 is 0 Å². The van der Waals surface area contributed by atoms with Crippen molar-refractivity contribution < 1.29 is 5.11 Å². The molecule has 3 N–H and O–H groups in total. The Morgan fingerprint density at radius 3 is 2.50 bits per heavy atom. The molecule has 1 aliphatic rings. The SMILES string of the molecule is Cl.N[C@@H]1CC[C@H](c2ccccc2)C[C@H]1CO. The minimum absolute atomic E-state index is 0. The van der Waals surface area contributed by atoms with Gasteiger partial charge in [0.1, 0.15) is 0 Å². The molecule has 3 heteroatoms. The molecule has 0 aromatic heterocycles. The Bertz CT molecular complexity index is 304. The van der Waals surface area contributed by atoms with E-state index in [-0.39, 0.29) is 31.0 Å². The minimum Gasteiger partial charge on any atom is -0.396 e. The Labute approximate surface area is 103 Å². The van der Waals surface area contributed by atoms with Crippen molar-refractivity contribution in [3.8, 4) is 0 Å². The average molecular weight is 242 g/mol. The van der Waals surface area contributed by atoms with Gasteiger partial charge in [0.25, 0.3) is 0 Å². The highest BCUT2D eigenvalue weighted by atomic mass is 35.5. The normalized spacial score (nSPS) is 29.5. The number of aliphatic hydroxyl groups excluding tert-OH is 1. The van der Waals surface area contributed by atoms with Gasteiger partial charge in [0.15, 0.2) is 0 Å². The Balaban J connectivity index is 0.00000128. The van der Waals surface area contributed by atoms with Crippen LogP contribution in [0.25, 0.3) is 0 Å². The average Bonchev–Trinajstić information content (AvgIpc) is 2.31. The van der Waals surface area contributed by atoms with Gasteiger partial charge in [-0.25, -0.2) is 0 Å². The molecule has 1 aromatic rings. The van der Waals surface area contributed by atoms with Crippen molar-refractivity contribution in [1.29, 1.82) is 0 Å². The summed E-state index contributed by atoms with van der Waals surface area (Å²) >= 11 is 0. The molecule has 0 spiro atoms. The van der Waals surface area contributed by atoms with E-state index in [0.29, 0.717) is 5.92 Å². The maximum absolute atomic E-state index is 9.25. The zero-order chi connectivity index (χ0) is 10.7. The first-order chi connectivity index (χ1) is 7.31. The van der Waals surface area contributed by atoms with Crippen LogP contribution in [0.3, 0.4) is 0 Å². The highest BCUT2D eigenvalue weighted by molar-refractivity contribution is 5.85. The van der Waals surface area contributed by atoms with Gasteiger partial charge in [0.05, 0.1) is 0 Å². The summed E-state index contributed by atoms with van der Waals surface area (Å²) in [6.45, 7) is 0.227. The monoisotopic (exact) mass is 241 g/mol. The van der Waals surface area contributed by atoms with Gasteiger partial charge in [-0.05, 0) is 36.7 Å². The molecule has 0 saturated heterocycles. The predicted octanol–water partition coefficient (Wildman–Crippen LogP) is 2.31. The van der Waals surface area contributed by atoms with Crippen molar-refractivity contribution in [2.24, 2.45) is 11.7 Å². The van der Waals surface area contributed by atoms with Crippen LogP contribution in [0.2, 0.25) is 0 Å². The lowest BCUT2D eigenvalue weighted by atomic mass is 9.76. The van der Waals surface area contributed by atoms with E-state index in [2.05, 4.69) is 24.3 Å². The fourth-order valence-corrected chi connectivity index (χ4v) is 2.53. The van der Waals surface area contributed by atoms with Crippen LogP contribution in [-0.4, -0.2) is 17.8 Å². The van der Waals surface area contributed by atoms with Gasteiger partial charge in [0.2, 0.25) is 0 Å². The van der Waals surface area contributed by atoms with E-state index in [9.17, 15) is 5.11 Å². The van der Waals surface area contributed by atoms with Gasteiger partial charge in [-0.2, -0.15) is 0 Å². The summed E-state index contributed by atoms with van der Waals surface area (Å²) in [7, 11) is 0. The second kappa shape index (κ2) is 6.24. The zero-order valence-electron chi connectivity index (χ0n) is 9.38. The second-order valence-electron chi connectivity index (χ2n) is 4.53. The Hall–Kier alpha value is -0.570. The lowest BCUT2D eigenvalue weighted by molar-refractivity contribution is 0.160. The fourth-order valence-electron chi connectivity index (χ4n) is 2.53. The van der Waals surface area contributed by atoms with E-state index in [1.165, 1.54) is 5.56 Å². The molecule has 1 aliphatic carbocycles. The first kappa shape index (κ1) is 13.5. The van der Waals surface area contributed by atoms with E-state index in [0.717, 1.165) is 19.3 Å². The lowest BCUT2D eigenvalue weighted by Crippen LogP contribution is -2.37. The second-order valence-corrected chi connectivity index (χ2v) is 4.53. The maximum atomic E-state index is 9.25. The van der Waals surface area contributed by atoms with Crippen LogP contribution in [-0.2, 0) is 0 Å². The number of benzene rings is 1. The van der Waals surface area contributed by atoms with Gasteiger partial charge < -0.3 is 10.8 Å². The van der Waals surface area contributed by atoms with Crippen LogP contribution in [0, 0.1) is 5.92 Å². The number of hydrogen-bond acceptors (Lipinski definition) is 2. The van der Waals surface area contributed by atoms with Crippen LogP contribution in [0.15, 0.2) is 30.3 Å². The minimum atomic E-state index is 0. The maximum Gasteiger partial charge on any atom is 0.0474 e. The standard InChI is InChI=1S/C13H19NO.ClH/c14-13-7-6-11(8-12(13)9-15)10-4-2-1-3-5-10;/h1-5,11-13,15H,6-9,14H2;1H/t11-,12-,13+;/m0./s1. The number of aliphatic hydroxyl groups is 1. The topological polar surface area (TPSA) is 46.2 Å². The third-order valence-corrected chi connectivity index (χ3v) is 3.55. The van der Waals surface area contributed by atoms with Crippen LogP contribution >= 0.6 is 12.4 Å². The molecule has 0 aliphatic heterocycles. The molecule has 0 heterocycles. The molecule has 90 valence electrons. The van der Waals surface area contributed by atoms with Crippen LogP contribution in [0.1, 0.15) is 30.7 Å². The number of hydrogen-bond donors (Lipinski definition) is 2. The van der Waals surface area contributed by atoms with Gasteiger partial charge in [-0.1, -0.05) is 30.3 Å². The van der Waals surface area contributed by atoms with Crippen molar-refractivity contribution in [1.82, 2.24) is 0 Å². The summed E-state index contributed by atoms with van der Waals surface area (Å²) in [6, 6.07) is 10.7. The largest absolute Gasteiger partial charge is 0.396 e. The van der Waals surface area contributed by atoms with Crippen molar-refractivity contribution in [3.63, 3.8) is 0 Å². The summed E-state index contributed by atoms with van der Waals surface area (Å²) < 4.78 is 0. The molecule has 2 nitrogen and oxygen atoms in total. The first-order valence-corrected chi connectivity index (χ1v) is 5.72. The molecule has 3 atom stereocenters. The van der Waals surface area contributed by atoms with Gasteiger partial charge in [0, 0.05) is 12.6 Å². The molecule has 0 amide bonds. The third-order valence-electron chi connectivity index (χ3n) is 3.55. The molecule has 1 saturated carbocycles. The first-order valence-electron chi connectivity index (χ1n) is 5.72. The highest BCUT2D eigenvalue weighted by Gasteiger charge is 2.28. The van der Waals surface area contributed by atoms with Crippen molar-refractivity contribution in [2.75, 3.05) is 6.61 Å².